The predicted molar refractivity (Wildman–Crippen MR) is 122 cm³/mol. The minimum atomic E-state index is -3.94. The molecular weight excluding hydrogens is 468 g/mol. The summed E-state index contributed by atoms with van der Waals surface area (Å²) in [4.78, 5) is 40.1. The topological polar surface area (TPSA) is 121 Å². The number of non-ortho nitro benzene ring substituents is 1. The van der Waals surface area contributed by atoms with Crippen molar-refractivity contribution in [2.75, 3.05) is 32.7 Å². The van der Waals surface area contributed by atoms with Crippen molar-refractivity contribution in [3.63, 3.8) is 0 Å². The van der Waals surface area contributed by atoms with E-state index in [4.69, 9.17) is 0 Å². The van der Waals surface area contributed by atoms with Crippen molar-refractivity contribution >= 4 is 38.9 Å². The monoisotopic (exact) mass is 492 g/mol. The number of carbonyl (C=O) groups excluding carboxylic acids is 2. The maximum atomic E-state index is 13.2. The van der Waals surface area contributed by atoms with Gasteiger partial charge in [0.2, 0.25) is 15.9 Å². The number of carbonyl (C=O) groups is 2. The van der Waals surface area contributed by atoms with Gasteiger partial charge < -0.3 is 9.80 Å². The number of hydrogen-bond acceptors (Lipinski definition) is 7. The minimum absolute atomic E-state index is 0.0851. The summed E-state index contributed by atoms with van der Waals surface area (Å²) in [6.45, 7) is 2.68. The zero-order valence-electron chi connectivity index (χ0n) is 18.0. The van der Waals surface area contributed by atoms with E-state index in [9.17, 15) is 28.1 Å². The Hall–Kier alpha value is -2.83. The zero-order chi connectivity index (χ0) is 23.8. The summed E-state index contributed by atoms with van der Waals surface area (Å²) in [6.07, 6.45) is 1.33. The summed E-state index contributed by atoms with van der Waals surface area (Å²) in [5, 5.41) is 12.9. The molecule has 2 aromatic rings. The third-order valence-electron chi connectivity index (χ3n) is 6.08. The van der Waals surface area contributed by atoms with E-state index in [0.29, 0.717) is 23.4 Å². The molecule has 33 heavy (non-hydrogen) atoms. The Kier molecular flexibility index (Phi) is 6.50. The van der Waals surface area contributed by atoms with Crippen LogP contribution in [0, 0.1) is 17.0 Å². The molecule has 3 heterocycles. The molecule has 0 saturated carbocycles. The highest BCUT2D eigenvalue weighted by Gasteiger charge is 2.39. The van der Waals surface area contributed by atoms with Crippen molar-refractivity contribution < 1.29 is 22.9 Å². The molecule has 2 saturated heterocycles. The largest absolute Gasteiger partial charge is 0.338 e. The SMILES string of the molecule is Cc1ccc([N+](=O)[O-])cc1S(=O)(=O)N1CCN(C(=O)[C@@H]2CCCN2C(=O)c2cccs2)CC1. The predicted octanol–water partition coefficient (Wildman–Crippen LogP) is 2.10. The number of rotatable bonds is 5. The summed E-state index contributed by atoms with van der Waals surface area (Å²) in [5.41, 5.74) is 0.137. The van der Waals surface area contributed by atoms with Gasteiger partial charge >= 0.3 is 0 Å². The Balaban J connectivity index is 1.44. The Morgan fingerprint density at radius 1 is 1.12 bits per heavy atom. The highest BCUT2D eigenvalue weighted by molar-refractivity contribution is 7.89. The van der Waals surface area contributed by atoms with Crippen molar-refractivity contribution in [1.82, 2.24) is 14.1 Å². The Labute approximate surface area is 195 Å². The van der Waals surface area contributed by atoms with Crippen LogP contribution in [-0.2, 0) is 14.8 Å². The smallest absolute Gasteiger partial charge is 0.270 e. The molecule has 0 aliphatic carbocycles. The van der Waals surface area contributed by atoms with Crippen molar-refractivity contribution in [3.8, 4) is 0 Å². The van der Waals surface area contributed by atoms with Crippen LogP contribution in [0.1, 0.15) is 28.1 Å². The van der Waals surface area contributed by atoms with Crippen LogP contribution in [0.4, 0.5) is 5.69 Å². The second-order valence-electron chi connectivity index (χ2n) is 8.07. The number of hydrogen-bond donors (Lipinski definition) is 0. The third kappa shape index (κ3) is 4.50. The third-order valence-corrected chi connectivity index (χ3v) is 8.98. The van der Waals surface area contributed by atoms with Crippen molar-refractivity contribution in [3.05, 3.63) is 56.3 Å². The molecule has 0 N–H and O–H groups in total. The average Bonchev–Trinajstić information content (AvgIpc) is 3.50. The van der Waals surface area contributed by atoms with Crippen LogP contribution >= 0.6 is 11.3 Å². The van der Waals surface area contributed by atoms with Gasteiger partial charge in [0.1, 0.15) is 6.04 Å². The lowest BCUT2D eigenvalue weighted by Crippen LogP contribution is -2.55. The van der Waals surface area contributed by atoms with Crippen LogP contribution in [0.3, 0.4) is 0 Å². The van der Waals surface area contributed by atoms with Gasteiger partial charge in [-0.25, -0.2) is 8.42 Å². The molecule has 0 spiro atoms. The molecule has 4 rings (SSSR count). The van der Waals surface area contributed by atoms with Crippen LogP contribution in [0.2, 0.25) is 0 Å². The maximum Gasteiger partial charge on any atom is 0.270 e. The quantitative estimate of drug-likeness (QED) is 0.466. The molecule has 1 aromatic carbocycles. The van der Waals surface area contributed by atoms with Crippen molar-refractivity contribution in [2.24, 2.45) is 0 Å². The van der Waals surface area contributed by atoms with E-state index in [2.05, 4.69) is 0 Å². The first-order valence-electron chi connectivity index (χ1n) is 10.6. The van der Waals surface area contributed by atoms with Gasteiger partial charge in [0, 0.05) is 44.9 Å². The second kappa shape index (κ2) is 9.20. The summed E-state index contributed by atoms with van der Waals surface area (Å²) in [7, 11) is -3.94. The van der Waals surface area contributed by atoms with Crippen molar-refractivity contribution in [2.45, 2.75) is 30.7 Å². The van der Waals surface area contributed by atoms with Gasteiger partial charge in [0.15, 0.2) is 0 Å². The zero-order valence-corrected chi connectivity index (χ0v) is 19.7. The number of nitrogens with zero attached hydrogens (tertiary/aromatic N) is 4. The number of benzene rings is 1. The molecule has 10 nitrogen and oxygen atoms in total. The van der Waals surface area contributed by atoms with E-state index in [0.717, 1.165) is 12.5 Å². The highest BCUT2D eigenvalue weighted by Crippen LogP contribution is 2.27. The normalized spacial score (nSPS) is 19.6. The lowest BCUT2D eigenvalue weighted by Gasteiger charge is -2.36. The second-order valence-corrected chi connectivity index (χ2v) is 10.9. The summed E-state index contributed by atoms with van der Waals surface area (Å²) in [6, 6.07) is 6.77. The molecule has 176 valence electrons. The molecule has 2 amide bonds. The van der Waals surface area contributed by atoms with Crippen molar-refractivity contribution in [1.29, 1.82) is 0 Å². The number of nitro groups is 1. The van der Waals surface area contributed by atoms with Crippen LogP contribution in [-0.4, -0.2) is 78.0 Å². The molecule has 2 aliphatic rings. The lowest BCUT2D eigenvalue weighted by atomic mass is 10.1. The van der Waals surface area contributed by atoms with E-state index in [1.165, 1.54) is 27.8 Å². The number of aryl methyl sites for hydroxylation is 1. The number of thiophene rings is 1. The van der Waals surface area contributed by atoms with Gasteiger partial charge in [-0.2, -0.15) is 4.31 Å². The standard InChI is InChI=1S/C21H24N4O6S2/c1-15-6-7-16(25(28)29)14-19(15)33(30,31)23-11-9-22(10-12-23)20(26)17-4-2-8-24(17)21(27)18-5-3-13-32-18/h3,5-7,13-14,17H,2,4,8-12H2,1H3/t17-/m0/s1. The fourth-order valence-electron chi connectivity index (χ4n) is 4.29. The van der Waals surface area contributed by atoms with Gasteiger partial charge in [-0.15, -0.1) is 11.3 Å². The minimum Gasteiger partial charge on any atom is -0.338 e. The fourth-order valence-corrected chi connectivity index (χ4v) is 6.63. The highest BCUT2D eigenvalue weighted by atomic mass is 32.2. The molecule has 0 unspecified atom stereocenters. The molecular formula is C21H24N4O6S2. The summed E-state index contributed by atoms with van der Waals surface area (Å²) in [5.74, 6) is -0.316. The molecule has 2 fully saturated rings. The Bertz CT molecular complexity index is 1170. The fraction of sp³-hybridized carbons (Fsp3) is 0.429. The van der Waals surface area contributed by atoms with Crippen LogP contribution in [0.15, 0.2) is 40.6 Å². The Morgan fingerprint density at radius 3 is 2.48 bits per heavy atom. The first kappa shape index (κ1) is 23.3. The van der Waals surface area contributed by atoms with Gasteiger partial charge in [0.05, 0.1) is 14.7 Å². The summed E-state index contributed by atoms with van der Waals surface area (Å²) >= 11 is 1.34. The summed E-state index contributed by atoms with van der Waals surface area (Å²) < 4.78 is 27.5. The molecule has 1 aromatic heterocycles. The van der Waals surface area contributed by atoms with Crippen LogP contribution in [0.5, 0.6) is 0 Å². The van der Waals surface area contributed by atoms with Gasteiger partial charge in [-0.1, -0.05) is 12.1 Å². The van der Waals surface area contributed by atoms with E-state index in [1.54, 1.807) is 28.9 Å². The van der Waals surface area contributed by atoms with Crippen LogP contribution in [0.25, 0.3) is 0 Å². The number of sulfonamides is 1. The first-order valence-corrected chi connectivity index (χ1v) is 12.9. The number of piperazine rings is 1. The molecule has 0 radical (unpaired) electrons. The number of amides is 2. The molecule has 0 bridgehead atoms. The van der Waals surface area contributed by atoms with Crippen LogP contribution < -0.4 is 0 Å². The van der Waals surface area contributed by atoms with Gasteiger partial charge in [-0.3, -0.25) is 19.7 Å². The maximum absolute atomic E-state index is 13.2. The van der Waals surface area contributed by atoms with E-state index >= 15 is 0 Å². The van der Waals surface area contributed by atoms with Gasteiger partial charge in [0.25, 0.3) is 11.6 Å². The molecule has 2 aliphatic heterocycles. The van der Waals surface area contributed by atoms with E-state index in [1.807, 2.05) is 5.38 Å². The average molecular weight is 493 g/mol. The molecule has 1 atom stereocenters. The lowest BCUT2D eigenvalue weighted by molar-refractivity contribution is -0.385. The number of likely N-dealkylation sites (tertiary alicyclic amines) is 1. The first-order chi connectivity index (χ1) is 15.7. The number of nitro benzene ring substituents is 1. The van der Waals surface area contributed by atoms with Gasteiger partial charge in [-0.05, 0) is 36.8 Å². The van der Waals surface area contributed by atoms with E-state index in [-0.39, 0.29) is 48.6 Å². The van der Waals surface area contributed by atoms with E-state index < -0.39 is 21.0 Å². The molecule has 12 heteroatoms. The Morgan fingerprint density at radius 2 is 1.85 bits per heavy atom.